The van der Waals surface area contributed by atoms with Gasteiger partial charge in [0.15, 0.2) is 5.96 Å². The highest BCUT2D eigenvalue weighted by molar-refractivity contribution is 5.74. The molecule has 0 spiro atoms. The average molecular weight is 172 g/mol. The molecular weight excluding hydrogens is 156 g/mol. The Morgan fingerprint density at radius 1 is 1.50 bits per heavy atom. The van der Waals surface area contributed by atoms with Gasteiger partial charge < -0.3 is 15.8 Å². The van der Waals surface area contributed by atoms with Crippen molar-refractivity contribution in [2.75, 3.05) is 39.4 Å². The van der Waals surface area contributed by atoms with Crippen LogP contribution in [0.3, 0.4) is 0 Å². The first kappa shape index (κ1) is 9.28. The molecule has 0 saturated carbocycles. The summed E-state index contributed by atoms with van der Waals surface area (Å²) in [4.78, 5) is 2.29. The summed E-state index contributed by atoms with van der Waals surface area (Å²) in [5, 5.41) is 9.71. The van der Waals surface area contributed by atoms with Crippen molar-refractivity contribution in [2.45, 2.75) is 0 Å². The Bertz CT molecular complexity index is 144. The Labute approximate surface area is 72.4 Å². The molecule has 5 nitrogen and oxygen atoms in total. The Hall–Kier alpha value is -0.810. The molecule has 0 radical (unpaired) electrons. The molecule has 0 aliphatic carbocycles. The molecule has 0 unspecified atom stereocenters. The zero-order valence-electron chi connectivity index (χ0n) is 7.18. The van der Waals surface area contributed by atoms with E-state index >= 15 is 0 Å². The Morgan fingerprint density at radius 3 is 2.75 bits per heavy atom. The van der Waals surface area contributed by atoms with Crippen molar-refractivity contribution in [1.29, 1.82) is 5.41 Å². The van der Waals surface area contributed by atoms with Crippen molar-refractivity contribution in [3.05, 3.63) is 0 Å². The smallest absolute Gasteiger partial charge is 0.185 e. The molecule has 1 fully saturated rings. The van der Waals surface area contributed by atoms with E-state index in [-0.39, 0.29) is 5.96 Å². The Balaban J connectivity index is 2.01. The molecule has 4 N–H and O–H groups in total. The van der Waals surface area contributed by atoms with E-state index in [1.54, 1.807) is 0 Å². The average Bonchev–Trinajstić information content (AvgIpc) is 2.05. The van der Waals surface area contributed by atoms with Crippen LogP contribution in [0.15, 0.2) is 0 Å². The SMILES string of the molecule is N=C(N)NCCN1CCOCC1. The standard InChI is InChI=1S/C7H16N4O/c8-7(9)10-1-2-11-3-5-12-6-4-11/h1-6H2,(H4,8,9,10). The van der Waals surface area contributed by atoms with Gasteiger partial charge in [-0.3, -0.25) is 10.3 Å². The number of hydrogen-bond acceptors (Lipinski definition) is 3. The van der Waals surface area contributed by atoms with Gasteiger partial charge in [-0.25, -0.2) is 0 Å². The fraction of sp³-hybridized carbons (Fsp3) is 0.857. The number of hydrogen-bond donors (Lipinski definition) is 3. The molecule has 5 heteroatoms. The monoisotopic (exact) mass is 172 g/mol. The van der Waals surface area contributed by atoms with Crippen LogP contribution in [0.5, 0.6) is 0 Å². The van der Waals surface area contributed by atoms with Crippen LogP contribution in [0.1, 0.15) is 0 Å². The van der Waals surface area contributed by atoms with Gasteiger partial charge in [0, 0.05) is 26.2 Å². The number of rotatable bonds is 3. The lowest BCUT2D eigenvalue weighted by molar-refractivity contribution is 0.0389. The first-order valence-corrected chi connectivity index (χ1v) is 4.17. The third kappa shape index (κ3) is 3.54. The Morgan fingerprint density at radius 2 is 2.17 bits per heavy atom. The summed E-state index contributed by atoms with van der Waals surface area (Å²) < 4.78 is 5.20. The number of nitrogens with one attached hydrogen (secondary N) is 2. The van der Waals surface area contributed by atoms with Crippen LogP contribution in [0.25, 0.3) is 0 Å². The normalized spacial score (nSPS) is 19.0. The van der Waals surface area contributed by atoms with E-state index in [4.69, 9.17) is 15.9 Å². The number of guanidine groups is 1. The number of nitrogens with two attached hydrogens (primary N) is 1. The lowest BCUT2D eigenvalue weighted by atomic mass is 10.4. The molecule has 0 aromatic carbocycles. The van der Waals surface area contributed by atoms with Gasteiger partial charge in [-0.15, -0.1) is 0 Å². The van der Waals surface area contributed by atoms with E-state index in [0.717, 1.165) is 39.4 Å². The minimum atomic E-state index is 0.0447. The van der Waals surface area contributed by atoms with Crippen LogP contribution in [0.2, 0.25) is 0 Å². The summed E-state index contributed by atoms with van der Waals surface area (Å²) in [6.45, 7) is 5.29. The van der Waals surface area contributed by atoms with Crippen molar-refractivity contribution in [1.82, 2.24) is 10.2 Å². The topological polar surface area (TPSA) is 74.4 Å². The largest absolute Gasteiger partial charge is 0.379 e. The van der Waals surface area contributed by atoms with E-state index in [1.807, 2.05) is 0 Å². The van der Waals surface area contributed by atoms with Crippen molar-refractivity contribution in [3.63, 3.8) is 0 Å². The third-order valence-electron chi connectivity index (χ3n) is 1.85. The predicted molar refractivity (Wildman–Crippen MR) is 47.2 cm³/mol. The highest BCUT2D eigenvalue weighted by Crippen LogP contribution is 1.94. The number of morpholine rings is 1. The van der Waals surface area contributed by atoms with Gasteiger partial charge in [0.25, 0.3) is 0 Å². The highest BCUT2D eigenvalue weighted by atomic mass is 16.5. The fourth-order valence-electron chi connectivity index (χ4n) is 1.17. The van der Waals surface area contributed by atoms with Crippen LogP contribution in [-0.4, -0.2) is 50.3 Å². The lowest BCUT2D eigenvalue weighted by Crippen LogP contribution is -2.42. The molecule has 0 amide bonds. The molecule has 0 atom stereocenters. The molecule has 1 rings (SSSR count). The molecule has 12 heavy (non-hydrogen) atoms. The summed E-state index contributed by atoms with van der Waals surface area (Å²) >= 11 is 0. The van der Waals surface area contributed by atoms with Crippen molar-refractivity contribution >= 4 is 5.96 Å². The zero-order chi connectivity index (χ0) is 8.81. The zero-order valence-corrected chi connectivity index (χ0v) is 7.18. The maximum atomic E-state index is 6.94. The molecule has 70 valence electrons. The fourth-order valence-corrected chi connectivity index (χ4v) is 1.17. The molecule has 1 aliphatic heterocycles. The van der Waals surface area contributed by atoms with E-state index in [2.05, 4.69) is 10.2 Å². The van der Waals surface area contributed by atoms with Gasteiger partial charge in [0.2, 0.25) is 0 Å². The van der Waals surface area contributed by atoms with Crippen molar-refractivity contribution < 1.29 is 4.74 Å². The number of nitrogens with zero attached hydrogens (tertiary/aromatic N) is 1. The van der Waals surface area contributed by atoms with E-state index in [0.29, 0.717) is 0 Å². The van der Waals surface area contributed by atoms with Gasteiger partial charge in [-0.2, -0.15) is 0 Å². The van der Waals surface area contributed by atoms with Crippen LogP contribution in [0, 0.1) is 5.41 Å². The second-order valence-corrected chi connectivity index (χ2v) is 2.79. The minimum absolute atomic E-state index is 0.0447. The maximum absolute atomic E-state index is 6.94. The Kier molecular flexibility index (Phi) is 3.83. The van der Waals surface area contributed by atoms with Gasteiger partial charge >= 0.3 is 0 Å². The summed E-state index contributed by atoms with van der Waals surface area (Å²) in [5.74, 6) is 0.0447. The second kappa shape index (κ2) is 4.95. The summed E-state index contributed by atoms with van der Waals surface area (Å²) in [6, 6.07) is 0. The van der Waals surface area contributed by atoms with Crippen LogP contribution in [0.4, 0.5) is 0 Å². The van der Waals surface area contributed by atoms with Crippen molar-refractivity contribution in [2.24, 2.45) is 5.73 Å². The van der Waals surface area contributed by atoms with Crippen molar-refractivity contribution in [3.8, 4) is 0 Å². The minimum Gasteiger partial charge on any atom is -0.379 e. The van der Waals surface area contributed by atoms with E-state index in [9.17, 15) is 0 Å². The number of ether oxygens (including phenoxy) is 1. The summed E-state index contributed by atoms with van der Waals surface area (Å²) in [5.41, 5.74) is 5.14. The molecule has 1 aliphatic rings. The molecule has 1 saturated heterocycles. The van der Waals surface area contributed by atoms with E-state index < -0.39 is 0 Å². The molecular formula is C7H16N4O. The maximum Gasteiger partial charge on any atom is 0.185 e. The molecule has 0 aromatic heterocycles. The van der Waals surface area contributed by atoms with Crippen LogP contribution in [-0.2, 0) is 4.74 Å². The van der Waals surface area contributed by atoms with Crippen LogP contribution >= 0.6 is 0 Å². The second-order valence-electron chi connectivity index (χ2n) is 2.79. The van der Waals surface area contributed by atoms with Crippen LogP contribution < -0.4 is 11.1 Å². The molecule has 1 heterocycles. The third-order valence-corrected chi connectivity index (χ3v) is 1.85. The van der Waals surface area contributed by atoms with Gasteiger partial charge in [-0.05, 0) is 0 Å². The van der Waals surface area contributed by atoms with Gasteiger partial charge in [0.05, 0.1) is 13.2 Å². The summed E-state index contributed by atoms with van der Waals surface area (Å²) in [7, 11) is 0. The molecule has 0 aromatic rings. The van der Waals surface area contributed by atoms with Gasteiger partial charge in [-0.1, -0.05) is 0 Å². The lowest BCUT2D eigenvalue weighted by Gasteiger charge is -2.26. The summed E-state index contributed by atoms with van der Waals surface area (Å²) in [6.07, 6.45) is 0. The highest BCUT2D eigenvalue weighted by Gasteiger charge is 2.08. The van der Waals surface area contributed by atoms with E-state index in [1.165, 1.54) is 0 Å². The predicted octanol–water partition coefficient (Wildman–Crippen LogP) is -1.20. The molecule has 0 bridgehead atoms. The quantitative estimate of drug-likeness (QED) is 0.369. The first-order chi connectivity index (χ1) is 5.79. The van der Waals surface area contributed by atoms with Gasteiger partial charge in [0.1, 0.15) is 0 Å². The first-order valence-electron chi connectivity index (χ1n) is 4.17.